The first-order valence-electron chi connectivity index (χ1n) is 12.2. The molecule has 35 heavy (non-hydrogen) atoms. The Morgan fingerprint density at radius 1 is 0.943 bits per heavy atom. The van der Waals surface area contributed by atoms with Gasteiger partial charge >= 0.3 is 0 Å². The molecule has 6 heteroatoms. The van der Waals surface area contributed by atoms with Crippen molar-refractivity contribution in [1.82, 2.24) is 9.80 Å². The first kappa shape index (κ1) is 23.2. The van der Waals surface area contributed by atoms with Gasteiger partial charge in [0.05, 0.1) is 0 Å². The van der Waals surface area contributed by atoms with Gasteiger partial charge in [-0.25, -0.2) is 0 Å². The molecule has 1 spiro atoms. The largest absolute Gasteiger partial charge is 0.508 e. The van der Waals surface area contributed by atoms with E-state index in [-0.39, 0.29) is 23.1 Å². The van der Waals surface area contributed by atoms with Crippen molar-refractivity contribution in [1.29, 1.82) is 0 Å². The normalized spacial score (nSPS) is 19.4. The van der Waals surface area contributed by atoms with Crippen LogP contribution in [0, 0.1) is 5.41 Å². The minimum atomic E-state index is 0.0763. The number of piperidine rings is 1. The Morgan fingerprint density at radius 2 is 1.60 bits per heavy atom. The number of carbonyl (C=O) groups is 1. The fourth-order valence-corrected chi connectivity index (χ4v) is 5.76. The SMILES string of the molecule is CN(C)c1ccc(C(=O)N2CCC3(CC2)CN(Cc2ccccc2O)C3c2ccc(O)cc2)cc1. The van der Waals surface area contributed by atoms with Crippen LogP contribution >= 0.6 is 0 Å². The highest BCUT2D eigenvalue weighted by molar-refractivity contribution is 5.94. The van der Waals surface area contributed by atoms with Gasteiger partial charge in [0.15, 0.2) is 0 Å². The Kier molecular flexibility index (Phi) is 6.15. The molecule has 1 atom stereocenters. The summed E-state index contributed by atoms with van der Waals surface area (Å²) in [6.07, 6.45) is 1.86. The Hall–Kier alpha value is -3.51. The zero-order valence-electron chi connectivity index (χ0n) is 20.4. The summed E-state index contributed by atoms with van der Waals surface area (Å²) in [7, 11) is 3.99. The molecule has 2 N–H and O–H groups in total. The third-order valence-corrected chi connectivity index (χ3v) is 7.71. The molecule has 5 rings (SSSR count). The second-order valence-electron chi connectivity index (χ2n) is 10.1. The number of benzene rings is 3. The molecule has 0 saturated carbocycles. The van der Waals surface area contributed by atoms with E-state index in [1.165, 1.54) is 5.56 Å². The second-order valence-corrected chi connectivity index (χ2v) is 10.1. The number of hydrogen-bond donors (Lipinski definition) is 2. The molecule has 6 nitrogen and oxygen atoms in total. The van der Waals surface area contributed by atoms with Crippen LogP contribution in [0.4, 0.5) is 5.69 Å². The van der Waals surface area contributed by atoms with Crippen LogP contribution in [-0.4, -0.2) is 59.6 Å². The number of phenolic OH excluding ortho intramolecular Hbond substituents is 2. The molecule has 1 unspecified atom stereocenters. The molecule has 3 aromatic carbocycles. The van der Waals surface area contributed by atoms with E-state index in [2.05, 4.69) is 4.90 Å². The van der Waals surface area contributed by atoms with E-state index in [0.29, 0.717) is 12.3 Å². The van der Waals surface area contributed by atoms with E-state index in [1.807, 2.05) is 78.5 Å². The molecule has 2 aliphatic heterocycles. The number of para-hydroxylation sites is 1. The monoisotopic (exact) mass is 471 g/mol. The van der Waals surface area contributed by atoms with Gasteiger partial charge in [0, 0.05) is 68.5 Å². The van der Waals surface area contributed by atoms with Gasteiger partial charge in [0.25, 0.3) is 5.91 Å². The van der Waals surface area contributed by atoms with Crippen molar-refractivity contribution in [3.63, 3.8) is 0 Å². The number of hydrogen-bond acceptors (Lipinski definition) is 5. The van der Waals surface area contributed by atoms with E-state index in [0.717, 1.165) is 49.3 Å². The average Bonchev–Trinajstić information content (AvgIpc) is 2.86. The molecule has 2 heterocycles. The predicted octanol–water partition coefficient (Wildman–Crippen LogP) is 4.64. The lowest BCUT2D eigenvalue weighted by Gasteiger charge is -2.61. The highest BCUT2D eigenvalue weighted by Crippen LogP contribution is 2.55. The van der Waals surface area contributed by atoms with Crippen LogP contribution in [0.2, 0.25) is 0 Å². The van der Waals surface area contributed by atoms with Gasteiger partial charge in [-0.1, -0.05) is 30.3 Å². The number of phenols is 2. The van der Waals surface area contributed by atoms with Gasteiger partial charge in [-0.05, 0) is 60.9 Å². The number of aromatic hydroxyl groups is 2. The number of likely N-dealkylation sites (tertiary alicyclic amines) is 2. The summed E-state index contributed by atoms with van der Waals surface area (Å²) in [5, 5.41) is 20.1. The third kappa shape index (κ3) is 4.46. The lowest BCUT2D eigenvalue weighted by atomic mass is 9.63. The molecule has 182 valence electrons. The standard InChI is InChI=1S/C29H33N3O3/c1-30(2)24-11-7-22(8-12-24)28(35)31-17-15-29(16-18-31)20-32(19-23-5-3-4-6-26(23)34)27(29)21-9-13-25(33)14-10-21/h3-14,27,33-34H,15-20H2,1-2H3. The zero-order chi connectivity index (χ0) is 24.6. The van der Waals surface area contributed by atoms with Crippen LogP contribution in [0.3, 0.4) is 0 Å². The van der Waals surface area contributed by atoms with Gasteiger partial charge in [-0.2, -0.15) is 0 Å². The van der Waals surface area contributed by atoms with Crippen LogP contribution in [0.1, 0.15) is 40.4 Å². The van der Waals surface area contributed by atoms with Crippen molar-refractivity contribution in [2.75, 3.05) is 38.6 Å². The molecule has 0 aliphatic carbocycles. The number of rotatable bonds is 5. The Balaban J connectivity index is 1.32. The van der Waals surface area contributed by atoms with Gasteiger partial charge in [-0.15, -0.1) is 0 Å². The number of anilines is 1. The third-order valence-electron chi connectivity index (χ3n) is 7.71. The minimum absolute atomic E-state index is 0.0763. The Morgan fingerprint density at radius 3 is 2.23 bits per heavy atom. The van der Waals surface area contributed by atoms with Crippen LogP contribution < -0.4 is 4.90 Å². The van der Waals surface area contributed by atoms with Crippen LogP contribution in [0.15, 0.2) is 72.8 Å². The fraction of sp³-hybridized carbons (Fsp3) is 0.345. The van der Waals surface area contributed by atoms with E-state index in [9.17, 15) is 15.0 Å². The predicted molar refractivity (Wildman–Crippen MR) is 138 cm³/mol. The van der Waals surface area contributed by atoms with E-state index < -0.39 is 0 Å². The summed E-state index contributed by atoms with van der Waals surface area (Å²) in [5.74, 6) is 0.672. The molecular formula is C29H33N3O3. The summed E-state index contributed by atoms with van der Waals surface area (Å²) in [5.41, 5.74) is 3.97. The first-order chi connectivity index (χ1) is 16.9. The van der Waals surface area contributed by atoms with Gasteiger partial charge in [-0.3, -0.25) is 9.69 Å². The number of carbonyl (C=O) groups excluding carboxylic acids is 1. The second kappa shape index (κ2) is 9.27. The van der Waals surface area contributed by atoms with Gasteiger partial charge < -0.3 is 20.0 Å². The molecule has 0 aromatic heterocycles. The lowest BCUT2D eigenvalue weighted by Crippen LogP contribution is -2.62. The molecule has 1 amide bonds. The molecule has 0 radical (unpaired) electrons. The van der Waals surface area contributed by atoms with Crippen molar-refractivity contribution in [3.05, 3.63) is 89.5 Å². The summed E-state index contributed by atoms with van der Waals surface area (Å²) < 4.78 is 0. The van der Waals surface area contributed by atoms with E-state index in [1.54, 1.807) is 18.2 Å². The smallest absolute Gasteiger partial charge is 0.253 e. The minimum Gasteiger partial charge on any atom is -0.508 e. The fourth-order valence-electron chi connectivity index (χ4n) is 5.76. The number of amides is 1. The molecule has 3 aromatic rings. The van der Waals surface area contributed by atoms with Crippen LogP contribution in [0.5, 0.6) is 11.5 Å². The van der Waals surface area contributed by atoms with Crippen molar-refractivity contribution in [2.24, 2.45) is 5.41 Å². The lowest BCUT2D eigenvalue weighted by molar-refractivity contribution is -0.113. The molecule has 0 bridgehead atoms. The Bertz CT molecular complexity index is 1180. The molecule has 2 saturated heterocycles. The van der Waals surface area contributed by atoms with Crippen molar-refractivity contribution in [3.8, 4) is 11.5 Å². The van der Waals surface area contributed by atoms with Crippen LogP contribution in [-0.2, 0) is 6.54 Å². The van der Waals surface area contributed by atoms with Gasteiger partial charge in [0.1, 0.15) is 11.5 Å². The topological polar surface area (TPSA) is 67.3 Å². The molecule has 2 aliphatic rings. The average molecular weight is 472 g/mol. The van der Waals surface area contributed by atoms with Crippen LogP contribution in [0.25, 0.3) is 0 Å². The summed E-state index contributed by atoms with van der Waals surface area (Å²) in [6, 6.07) is 23.0. The van der Waals surface area contributed by atoms with E-state index >= 15 is 0 Å². The summed E-state index contributed by atoms with van der Waals surface area (Å²) in [4.78, 5) is 19.6. The zero-order valence-corrected chi connectivity index (χ0v) is 20.4. The molecular weight excluding hydrogens is 438 g/mol. The maximum atomic E-state index is 13.2. The van der Waals surface area contributed by atoms with E-state index in [4.69, 9.17) is 0 Å². The summed E-state index contributed by atoms with van der Waals surface area (Å²) >= 11 is 0. The van der Waals surface area contributed by atoms with Crippen molar-refractivity contribution >= 4 is 11.6 Å². The van der Waals surface area contributed by atoms with Crippen molar-refractivity contribution < 1.29 is 15.0 Å². The van der Waals surface area contributed by atoms with Gasteiger partial charge in [0.2, 0.25) is 0 Å². The first-order valence-corrected chi connectivity index (χ1v) is 12.2. The quantitative estimate of drug-likeness (QED) is 0.567. The highest BCUT2D eigenvalue weighted by atomic mass is 16.3. The van der Waals surface area contributed by atoms with Crippen molar-refractivity contribution in [2.45, 2.75) is 25.4 Å². The maximum absolute atomic E-state index is 13.2. The highest BCUT2D eigenvalue weighted by Gasteiger charge is 2.54. The Labute approximate surface area is 207 Å². The summed E-state index contributed by atoms with van der Waals surface area (Å²) in [6.45, 7) is 3.05. The maximum Gasteiger partial charge on any atom is 0.253 e. The molecule has 2 fully saturated rings. The number of nitrogens with zero attached hydrogens (tertiary/aromatic N) is 3.